The van der Waals surface area contributed by atoms with Crippen molar-refractivity contribution in [2.24, 2.45) is 0 Å². The van der Waals surface area contributed by atoms with Crippen molar-refractivity contribution in [2.45, 2.75) is 39.5 Å². The first-order valence-electron chi connectivity index (χ1n) is 10.7. The smallest absolute Gasteiger partial charge is 0.236 e. The van der Waals surface area contributed by atoms with E-state index in [1.165, 1.54) is 12.8 Å². The van der Waals surface area contributed by atoms with Crippen molar-refractivity contribution in [3.63, 3.8) is 0 Å². The first kappa shape index (κ1) is 19.8. The van der Waals surface area contributed by atoms with Crippen LogP contribution in [-0.4, -0.2) is 81.3 Å². The number of carbonyl (C=O) groups is 1. The molecule has 4 rings (SSSR count). The molecule has 2 aliphatic heterocycles. The van der Waals surface area contributed by atoms with Crippen molar-refractivity contribution in [1.82, 2.24) is 29.5 Å². The van der Waals surface area contributed by atoms with E-state index in [1.807, 2.05) is 30.7 Å². The summed E-state index contributed by atoms with van der Waals surface area (Å²) in [7, 11) is 0. The van der Waals surface area contributed by atoms with E-state index in [0.717, 1.165) is 75.1 Å². The Kier molecular flexibility index (Phi) is 6.08. The lowest BCUT2D eigenvalue weighted by atomic mass is 10.2. The summed E-state index contributed by atoms with van der Waals surface area (Å²) in [6, 6.07) is 4.04. The number of rotatable bonds is 4. The average Bonchev–Trinajstić information content (AvgIpc) is 2.92. The summed E-state index contributed by atoms with van der Waals surface area (Å²) in [5, 5.41) is 4.52. The second-order valence-corrected chi connectivity index (χ2v) is 8.13. The number of hydrogen-bond donors (Lipinski definition) is 0. The third-order valence-electron chi connectivity index (χ3n) is 5.88. The second-order valence-electron chi connectivity index (χ2n) is 8.13. The van der Waals surface area contributed by atoms with Gasteiger partial charge in [0.25, 0.3) is 0 Å². The minimum Gasteiger partial charge on any atom is -0.354 e. The van der Waals surface area contributed by atoms with Gasteiger partial charge in [0.2, 0.25) is 5.91 Å². The van der Waals surface area contributed by atoms with E-state index in [9.17, 15) is 4.79 Å². The molecule has 0 N–H and O–H groups in total. The van der Waals surface area contributed by atoms with Gasteiger partial charge in [-0.05, 0) is 32.8 Å². The number of piperazine rings is 1. The Morgan fingerprint density at radius 3 is 2.24 bits per heavy atom. The highest BCUT2D eigenvalue weighted by atomic mass is 16.2. The maximum Gasteiger partial charge on any atom is 0.236 e. The first-order chi connectivity index (χ1) is 14.1. The predicted molar refractivity (Wildman–Crippen MR) is 112 cm³/mol. The van der Waals surface area contributed by atoms with Crippen molar-refractivity contribution in [3.8, 4) is 5.82 Å². The molecule has 0 unspecified atom stereocenters. The maximum absolute atomic E-state index is 12.6. The summed E-state index contributed by atoms with van der Waals surface area (Å²) in [6.07, 6.45) is 6.40. The Bertz CT molecular complexity index is 833. The fraction of sp³-hybridized carbons (Fsp3) is 0.619. The minimum atomic E-state index is 0.286. The Morgan fingerprint density at radius 2 is 1.59 bits per heavy atom. The Balaban J connectivity index is 1.34. The largest absolute Gasteiger partial charge is 0.354 e. The van der Waals surface area contributed by atoms with Gasteiger partial charge in [-0.25, -0.2) is 14.6 Å². The monoisotopic (exact) mass is 397 g/mol. The lowest BCUT2D eigenvalue weighted by Crippen LogP contribution is -2.50. The van der Waals surface area contributed by atoms with E-state index in [4.69, 9.17) is 0 Å². The number of nitrogens with zero attached hydrogens (tertiary/aromatic N) is 7. The normalized spacial score (nSPS) is 18.7. The SMILES string of the molecule is Cc1cc(C)n(-c2cc(N3CCN(CC(=O)N4CCCCCC4)CC3)ncn2)n1. The highest BCUT2D eigenvalue weighted by molar-refractivity contribution is 5.78. The minimum absolute atomic E-state index is 0.286. The molecule has 1 amide bonds. The van der Waals surface area contributed by atoms with Crippen LogP contribution in [0.5, 0.6) is 0 Å². The van der Waals surface area contributed by atoms with Gasteiger partial charge in [0.1, 0.15) is 12.1 Å². The van der Waals surface area contributed by atoms with Gasteiger partial charge in [-0.3, -0.25) is 9.69 Å². The molecule has 2 aromatic rings. The second kappa shape index (κ2) is 8.90. The zero-order valence-electron chi connectivity index (χ0n) is 17.5. The van der Waals surface area contributed by atoms with Gasteiger partial charge in [0, 0.05) is 51.0 Å². The molecular formula is C21H31N7O. The topological polar surface area (TPSA) is 70.4 Å². The summed E-state index contributed by atoms with van der Waals surface area (Å²) >= 11 is 0. The van der Waals surface area contributed by atoms with Crippen LogP contribution >= 0.6 is 0 Å². The fourth-order valence-electron chi connectivity index (χ4n) is 4.23. The van der Waals surface area contributed by atoms with Gasteiger partial charge >= 0.3 is 0 Å². The van der Waals surface area contributed by atoms with Crippen molar-refractivity contribution in [1.29, 1.82) is 0 Å². The lowest BCUT2D eigenvalue weighted by molar-refractivity contribution is -0.132. The number of likely N-dealkylation sites (tertiary alicyclic amines) is 1. The van der Waals surface area contributed by atoms with E-state index < -0.39 is 0 Å². The average molecular weight is 398 g/mol. The lowest BCUT2D eigenvalue weighted by Gasteiger charge is -2.36. The van der Waals surface area contributed by atoms with E-state index in [0.29, 0.717) is 6.54 Å². The third kappa shape index (κ3) is 4.75. The summed E-state index contributed by atoms with van der Waals surface area (Å²) in [6.45, 7) is 9.87. The molecule has 0 aromatic carbocycles. The van der Waals surface area contributed by atoms with E-state index in [-0.39, 0.29) is 5.91 Å². The van der Waals surface area contributed by atoms with Crippen LogP contribution in [0.3, 0.4) is 0 Å². The molecule has 2 aromatic heterocycles. The van der Waals surface area contributed by atoms with Crippen LogP contribution in [0.4, 0.5) is 5.82 Å². The molecule has 0 saturated carbocycles. The third-order valence-corrected chi connectivity index (χ3v) is 5.88. The molecule has 2 fully saturated rings. The number of carbonyl (C=O) groups excluding carboxylic acids is 1. The standard InChI is InChI=1S/C21H31N7O/c1-17-13-18(2)28(24-17)20-14-19(22-16-23-20)26-11-9-25(10-12-26)15-21(29)27-7-5-3-4-6-8-27/h13-14,16H,3-12,15H2,1-2H3. The molecule has 29 heavy (non-hydrogen) atoms. The van der Waals surface area contributed by atoms with Gasteiger partial charge in [0.05, 0.1) is 12.2 Å². The summed E-state index contributed by atoms with van der Waals surface area (Å²) in [4.78, 5) is 28.1. The first-order valence-corrected chi connectivity index (χ1v) is 10.7. The van der Waals surface area contributed by atoms with Crippen molar-refractivity contribution in [2.75, 3.05) is 50.7 Å². The van der Waals surface area contributed by atoms with Crippen molar-refractivity contribution >= 4 is 11.7 Å². The Hall–Kier alpha value is -2.48. The summed E-state index contributed by atoms with van der Waals surface area (Å²) in [5.41, 5.74) is 2.04. The molecule has 8 heteroatoms. The molecular weight excluding hydrogens is 366 g/mol. The molecule has 0 atom stereocenters. The van der Waals surface area contributed by atoms with Gasteiger partial charge in [-0.1, -0.05) is 12.8 Å². The number of aryl methyl sites for hydroxylation is 2. The van der Waals surface area contributed by atoms with Crippen LogP contribution in [-0.2, 0) is 4.79 Å². The fourth-order valence-corrected chi connectivity index (χ4v) is 4.23. The maximum atomic E-state index is 12.6. The molecule has 0 spiro atoms. The molecule has 4 heterocycles. The number of aromatic nitrogens is 4. The van der Waals surface area contributed by atoms with E-state index in [2.05, 4.69) is 29.8 Å². The summed E-state index contributed by atoms with van der Waals surface area (Å²) < 4.78 is 1.86. The van der Waals surface area contributed by atoms with Crippen LogP contribution < -0.4 is 4.90 Å². The highest BCUT2D eigenvalue weighted by Crippen LogP contribution is 2.18. The quantitative estimate of drug-likeness (QED) is 0.784. The van der Waals surface area contributed by atoms with Crippen LogP contribution in [0, 0.1) is 13.8 Å². The highest BCUT2D eigenvalue weighted by Gasteiger charge is 2.23. The van der Waals surface area contributed by atoms with Gasteiger partial charge in [0.15, 0.2) is 5.82 Å². The van der Waals surface area contributed by atoms with Gasteiger partial charge in [-0.2, -0.15) is 5.10 Å². The van der Waals surface area contributed by atoms with Crippen LogP contribution in [0.25, 0.3) is 5.82 Å². The van der Waals surface area contributed by atoms with E-state index in [1.54, 1.807) is 6.33 Å². The zero-order chi connectivity index (χ0) is 20.2. The molecule has 0 bridgehead atoms. The molecule has 2 aliphatic rings. The Morgan fingerprint density at radius 1 is 0.897 bits per heavy atom. The molecule has 156 valence electrons. The zero-order valence-corrected chi connectivity index (χ0v) is 17.5. The van der Waals surface area contributed by atoms with Gasteiger partial charge < -0.3 is 9.80 Å². The number of anilines is 1. The van der Waals surface area contributed by atoms with Crippen LogP contribution in [0.2, 0.25) is 0 Å². The van der Waals surface area contributed by atoms with Crippen LogP contribution in [0.1, 0.15) is 37.1 Å². The van der Waals surface area contributed by atoms with Gasteiger partial charge in [-0.15, -0.1) is 0 Å². The Labute approximate surface area is 172 Å². The van der Waals surface area contributed by atoms with Crippen molar-refractivity contribution in [3.05, 3.63) is 29.8 Å². The van der Waals surface area contributed by atoms with Crippen LogP contribution in [0.15, 0.2) is 18.5 Å². The van der Waals surface area contributed by atoms with Crippen molar-refractivity contribution < 1.29 is 4.79 Å². The molecule has 0 aliphatic carbocycles. The molecule has 0 radical (unpaired) electrons. The van der Waals surface area contributed by atoms with E-state index >= 15 is 0 Å². The molecule has 2 saturated heterocycles. The summed E-state index contributed by atoms with van der Waals surface area (Å²) in [5.74, 6) is 2.00. The molecule has 8 nitrogen and oxygen atoms in total. The number of amides is 1. The number of hydrogen-bond acceptors (Lipinski definition) is 6. The predicted octanol–water partition coefficient (Wildman–Crippen LogP) is 1.80.